The zero-order valence-electron chi connectivity index (χ0n) is 43.9. The van der Waals surface area contributed by atoms with Gasteiger partial charge in [-0.2, -0.15) is 0 Å². The van der Waals surface area contributed by atoms with E-state index >= 15 is 0 Å². The van der Waals surface area contributed by atoms with Crippen LogP contribution in [0.1, 0.15) is 265 Å². The first kappa shape index (κ1) is 63.6. The minimum atomic E-state index is -0.793. The molecular weight excluding hydrogens is 829 g/mol. The summed E-state index contributed by atoms with van der Waals surface area (Å²) >= 11 is 0. The number of esters is 3. The summed E-state index contributed by atoms with van der Waals surface area (Å²) in [6.07, 6.45) is 71.3. The van der Waals surface area contributed by atoms with Crippen LogP contribution in [0.25, 0.3) is 0 Å². The van der Waals surface area contributed by atoms with Crippen LogP contribution < -0.4 is 0 Å². The second-order valence-electron chi connectivity index (χ2n) is 18.5. The van der Waals surface area contributed by atoms with Crippen molar-refractivity contribution in [1.29, 1.82) is 0 Å². The molecular formula is C61H104O6. The molecule has 0 aromatic carbocycles. The van der Waals surface area contributed by atoms with Crippen LogP contribution in [0.2, 0.25) is 0 Å². The average Bonchev–Trinajstić information content (AvgIpc) is 3.33. The molecule has 384 valence electrons. The summed E-state index contributed by atoms with van der Waals surface area (Å²) in [4.78, 5) is 38.1. The van der Waals surface area contributed by atoms with Gasteiger partial charge in [-0.15, -0.1) is 0 Å². The summed E-state index contributed by atoms with van der Waals surface area (Å²) in [7, 11) is 0. The van der Waals surface area contributed by atoms with E-state index in [0.717, 1.165) is 116 Å². The van der Waals surface area contributed by atoms with E-state index in [4.69, 9.17) is 14.2 Å². The van der Waals surface area contributed by atoms with E-state index in [9.17, 15) is 14.4 Å². The second-order valence-corrected chi connectivity index (χ2v) is 18.5. The van der Waals surface area contributed by atoms with Crippen molar-refractivity contribution in [2.45, 2.75) is 271 Å². The van der Waals surface area contributed by atoms with Gasteiger partial charge in [0.25, 0.3) is 0 Å². The number of allylic oxidation sites excluding steroid dienone is 14. The average molecular weight is 933 g/mol. The van der Waals surface area contributed by atoms with E-state index in [1.165, 1.54) is 109 Å². The molecule has 0 rings (SSSR count). The maximum Gasteiger partial charge on any atom is 0.306 e. The molecule has 0 saturated heterocycles. The summed E-state index contributed by atoms with van der Waals surface area (Å²) in [5, 5.41) is 0. The third kappa shape index (κ3) is 53.4. The van der Waals surface area contributed by atoms with Crippen molar-refractivity contribution < 1.29 is 28.6 Å². The molecule has 0 aliphatic heterocycles. The van der Waals surface area contributed by atoms with Gasteiger partial charge in [-0.1, -0.05) is 228 Å². The highest BCUT2D eigenvalue weighted by molar-refractivity contribution is 5.71. The molecule has 0 saturated carbocycles. The van der Waals surface area contributed by atoms with E-state index in [0.29, 0.717) is 19.3 Å². The first-order valence-corrected chi connectivity index (χ1v) is 28.1. The van der Waals surface area contributed by atoms with Gasteiger partial charge >= 0.3 is 17.9 Å². The van der Waals surface area contributed by atoms with Gasteiger partial charge in [0.1, 0.15) is 13.2 Å². The standard InChI is InChI=1S/C61H104O6/c1-4-7-10-13-16-19-22-25-28-30-32-33-36-39-42-45-48-51-54-60(63)66-57-58(56-65-59(62)53-50-47-44-41-38-35-27-24-21-18-15-12-9-6-3)67-61(64)55-52-49-46-43-40-37-34-31-29-26-23-20-17-14-11-8-5-2/h9,12,17-18,20-22,25-26,28-30,32-33,58H,4-8,10-11,13-16,19,23-24,27,31,34-57H2,1-3H3/b12-9-,20-17-,21-18-,25-22-,29-26-,30-28-,33-32-. The quantitative estimate of drug-likeness (QED) is 0.0199. The maximum absolute atomic E-state index is 12.8. The molecule has 1 unspecified atom stereocenters. The Morgan fingerprint density at radius 2 is 0.642 bits per heavy atom. The Hall–Kier alpha value is -3.41. The number of hydrogen-bond donors (Lipinski definition) is 0. The first-order chi connectivity index (χ1) is 33.0. The Morgan fingerprint density at radius 1 is 0.328 bits per heavy atom. The van der Waals surface area contributed by atoms with Crippen LogP contribution >= 0.6 is 0 Å². The van der Waals surface area contributed by atoms with Gasteiger partial charge in [-0.25, -0.2) is 0 Å². The Morgan fingerprint density at radius 3 is 1.04 bits per heavy atom. The summed E-state index contributed by atoms with van der Waals surface area (Å²) in [6.45, 7) is 6.47. The van der Waals surface area contributed by atoms with Crippen LogP contribution in [0.3, 0.4) is 0 Å². The van der Waals surface area contributed by atoms with Gasteiger partial charge in [-0.05, 0) is 103 Å². The zero-order chi connectivity index (χ0) is 48.6. The molecule has 1 atom stereocenters. The van der Waals surface area contributed by atoms with Gasteiger partial charge in [0.2, 0.25) is 0 Å². The Labute approximate surface area is 414 Å². The van der Waals surface area contributed by atoms with Crippen LogP contribution in [0.15, 0.2) is 85.1 Å². The van der Waals surface area contributed by atoms with Crippen molar-refractivity contribution in [2.24, 2.45) is 0 Å². The van der Waals surface area contributed by atoms with Crippen molar-refractivity contribution in [1.82, 2.24) is 0 Å². The Kier molecular flexibility index (Phi) is 52.4. The summed E-state index contributed by atoms with van der Waals surface area (Å²) < 4.78 is 16.8. The monoisotopic (exact) mass is 933 g/mol. The lowest BCUT2D eigenvalue weighted by Gasteiger charge is -2.18. The highest BCUT2D eigenvalue weighted by Crippen LogP contribution is 2.14. The molecule has 0 bridgehead atoms. The van der Waals surface area contributed by atoms with Crippen LogP contribution in [-0.4, -0.2) is 37.2 Å². The molecule has 0 heterocycles. The van der Waals surface area contributed by atoms with Gasteiger partial charge < -0.3 is 14.2 Å². The lowest BCUT2D eigenvalue weighted by molar-refractivity contribution is -0.167. The molecule has 6 heteroatoms. The zero-order valence-corrected chi connectivity index (χ0v) is 43.9. The smallest absolute Gasteiger partial charge is 0.306 e. The van der Waals surface area contributed by atoms with Crippen LogP contribution in [0, 0.1) is 0 Å². The van der Waals surface area contributed by atoms with Crippen LogP contribution in [-0.2, 0) is 28.6 Å². The fourth-order valence-corrected chi connectivity index (χ4v) is 7.69. The molecule has 0 N–H and O–H groups in total. The van der Waals surface area contributed by atoms with Gasteiger partial charge in [-0.3, -0.25) is 14.4 Å². The van der Waals surface area contributed by atoms with E-state index in [-0.39, 0.29) is 31.1 Å². The van der Waals surface area contributed by atoms with E-state index in [2.05, 4.69) is 106 Å². The maximum atomic E-state index is 12.8. The number of carbonyl (C=O) groups is 3. The van der Waals surface area contributed by atoms with Gasteiger partial charge in [0, 0.05) is 19.3 Å². The normalized spacial score (nSPS) is 12.7. The van der Waals surface area contributed by atoms with Crippen molar-refractivity contribution in [2.75, 3.05) is 13.2 Å². The van der Waals surface area contributed by atoms with E-state index < -0.39 is 6.10 Å². The fourth-order valence-electron chi connectivity index (χ4n) is 7.69. The molecule has 0 aromatic rings. The Bertz CT molecular complexity index is 1300. The van der Waals surface area contributed by atoms with Crippen molar-refractivity contribution in [3.8, 4) is 0 Å². The molecule has 0 aliphatic rings. The number of unbranched alkanes of at least 4 members (excludes halogenated alkanes) is 27. The molecule has 0 aromatic heterocycles. The highest BCUT2D eigenvalue weighted by Gasteiger charge is 2.19. The minimum absolute atomic E-state index is 0.0910. The van der Waals surface area contributed by atoms with Crippen molar-refractivity contribution >= 4 is 17.9 Å². The molecule has 0 spiro atoms. The largest absolute Gasteiger partial charge is 0.462 e. The van der Waals surface area contributed by atoms with Gasteiger partial charge in [0.15, 0.2) is 6.10 Å². The predicted molar refractivity (Wildman–Crippen MR) is 288 cm³/mol. The third-order valence-electron chi connectivity index (χ3n) is 11.9. The molecule has 0 aliphatic carbocycles. The van der Waals surface area contributed by atoms with Gasteiger partial charge in [0.05, 0.1) is 0 Å². The molecule has 6 nitrogen and oxygen atoms in total. The molecule has 67 heavy (non-hydrogen) atoms. The highest BCUT2D eigenvalue weighted by atomic mass is 16.6. The number of hydrogen-bond acceptors (Lipinski definition) is 6. The lowest BCUT2D eigenvalue weighted by Crippen LogP contribution is -2.30. The number of rotatable bonds is 50. The van der Waals surface area contributed by atoms with Crippen LogP contribution in [0.4, 0.5) is 0 Å². The third-order valence-corrected chi connectivity index (χ3v) is 11.9. The van der Waals surface area contributed by atoms with E-state index in [1.54, 1.807) is 0 Å². The molecule has 0 fully saturated rings. The SMILES string of the molecule is CC/C=C\C/C=C\CCCCCCCCCC(=O)OCC(COC(=O)CCCCCCC\C=C/C=C\C=C/CCCCCCC)OC(=O)CCCCCCCCC/C=C\C/C=C\CCCCC. The predicted octanol–water partition coefficient (Wildman–Crippen LogP) is 18.8. The Balaban J connectivity index is 4.45. The second kappa shape index (κ2) is 55.2. The van der Waals surface area contributed by atoms with Crippen molar-refractivity contribution in [3.63, 3.8) is 0 Å². The summed E-state index contributed by atoms with van der Waals surface area (Å²) in [5.74, 6) is -0.923. The summed E-state index contributed by atoms with van der Waals surface area (Å²) in [5.41, 5.74) is 0. The summed E-state index contributed by atoms with van der Waals surface area (Å²) in [6, 6.07) is 0. The minimum Gasteiger partial charge on any atom is -0.462 e. The number of ether oxygens (including phenoxy) is 3. The molecule has 0 radical (unpaired) electrons. The fraction of sp³-hybridized carbons (Fsp3) is 0.721. The van der Waals surface area contributed by atoms with Crippen molar-refractivity contribution in [3.05, 3.63) is 85.1 Å². The lowest BCUT2D eigenvalue weighted by atomic mass is 10.1. The first-order valence-electron chi connectivity index (χ1n) is 28.1. The van der Waals surface area contributed by atoms with E-state index in [1.807, 2.05) is 0 Å². The topological polar surface area (TPSA) is 78.9 Å². The van der Waals surface area contributed by atoms with Crippen LogP contribution in [0.5, 0.6) is 0 Å². The number of carbonyl (C=O) groups excluding carboxylic acids is 3. The molecule has 0 amide bonds.